The topological polar surface area (TPSA) is 126 Å². The maximum atomic E-state index is 13.1. The highest BCUT2D eigenvalue weighted by Crippen LogP contribution is 2.40. The second-order valence-corrected chi connectivity index (χ2v) is 10.7. The van der Waals surface area contributed by atoms with Gasteiger partial charge in [-0.1, -0.05) is 17.7 Å². The van der Waals surface area contributed by atoms with Crippen LogP contribution in [-0.2, 0) is 23.6 Å². The number of aryl methyl sites for hydroxylation is 1. The summed E-state index contributed by atoms with van der Waals surface area (Å²) in [6, 6.07) is 15.7. The van der Waals surface area contributed by atoms with E-state index in [9.17, 15) is 13.8 Å². The summed E-state index contributed by atoms with van der Waals surface area (Å²) in [5.41, 5.74) is 10.6. The first-order valence-electron chi connectivity index (χ1n) is 11.7. The minimum atomic E-state index is -1.26. The minimum absolute atomic E-state index is 0.134. The Morgan fingerprint density at radius 1 is 1.05 bits per heavy atom. The van der Waals surface area contributed by atoms with Crippen molar-refractivity contribution >= 4 is 39.9 Å². The van der Waals surface area contributed by atoms with Crippen LogP contribution < -0.4 is 20.5 Å². The SMILES string of the molecule is CS(=O)c1ccc(Cl)c(C(=O)Nc2ccc3c(c2)-c2c(c(C(N)=O)nn2-c2ccc4c(c2)OCO4)CC3)c1. The number of fused-ring (bicyclic) bond motifs is 4. The first-order chi connectivity index (χ1) is 18.3. The van der Waals surface area contributed by atoms with E-state index < -0.39 is 22.6 Å². The van der Waals surface area contributed by atoms with Crippen LogP contribution in [-0.4, -0.2) is 38.9 Å². The lowest BCUT2D eigenvalue weighted by Gasteiger charge is -2.20. The van der Waals surface area contributed by atoms with Crippen molar-refractivity contribution in [3.63, 3.8) is 0 Å². The van der Waals surface area contributed by atoms with Crippen molar-refractivity contribution in [2.45, 2.75) is 17.7 Å². The van der Waals surface area contributed by atoms with Crippen LogP contribution in [0, 0.1) is 0 Å². The smallest absolute Gasteiger partial charge is 0.269 e. The van der Waals surface area contributed by atoms with Crippen molar-refractivity contribution in [1.82, 2.24) is 9.78 Å². The predicted octanol–water partition coefficient (Wildman–Crippen LogP) is 4.11. The molecule has 192 valence electrons. The van der Waals surface area contributed by atoms with Crippen LogP contribution in [0.1, 0.15) is 32.0 Å². The van der Waals surface area contributed by atoms with Crippen molar-refractivity contribution in [2.75, 3.05) is 18.4 Å². The molecule has 0 saturated carbocycles. The van der Waals surface area contributed by atoms with Gasteiger partial charge in [-0.2, -0.15) is 5.10 Å². The molecule has 3 N–H and O–H groups in total. The molecular weight excluding hydrogens is 528 g/mol. The van der Waals surface area contributed by atoms with E-state index in [1.807, 2.05) is 24.3 Å². The van der Waals surface area contributed by atoms with Crippen LogP contribution in [0.2, 0.25) is 5.02 Å². The third-order valence-electron chi connectivity index (χ3n) is 6.60. The lowest BCUT2D eigenvalue weighted by molar-refractivity contribution is 0.0992. The molecule has 2 amide bonds. The molecule has 3 aromatic carbocycles. The van der Waals surface area contributed by atoms with Gasteiger partial charge in [0.15, 0.2) is 17.2 Å². The van der Waals surface area contributed by atoms with Crippen molar-refractivity contribution in [3.8, 4) is 28.4 Å². The lowest BCUT2D eigenvalue weighted by atomic mass is 9.88. The van der Waals surface area contributed by atoms with E-state index in [2.05, 4.69) is 10.4 Å². The summed E-state index contributed by atoms with van der Waals surface area (Å²) >= 11 is 6.27. The summed E-state index contributed by atoms with van der Waals surface area (Å²) in [6.07, 6.45) is 2.81. The van der Waals surface area contributed by atoms with Crippen LogP contribution in [0.15, 0.2) is 59.5 Å². The van der Waals surface area contributed by atoms with E-state index in [1.165, 1.54) is 12.3 Å². The van der Waals surface area contributed by atoms with Gasteiger partial charge in [-0.05, 0) is 60.9 Å². The Balaban J connectivity index is 1.43. The highest BCUT2D eigenvalue weighted by Gasteiger charge is 2.29. The molecule has 1 atom stereocenters. The summed E-state index contributed by atoms with van der Waals surface area (Å²) < 4.78 is 24.5. The number of amides is 2. The number of anilines is 1. The number of nitrogens with one attached hydrogen (secondary N) is 1. The van der Waals surface area contributed by atoms with Crippen molar-refractivity contribution < 1.29 is 23.3 Å². The number of primary amides is 1. The Labute approximate surface area is 225 Å². The highest BCUT2D eigenvalue weighted by atomic mass is 35.5. The molecule has 38 heavy (non-hydrogen) atoms. The molecule has 2 heterocycles. The Morgan fingerprint density at radius 3 is 2.66 bits per heavy atom. The number of rotatable bonds is 5. The fraction of sp³-hybridized carbons (Fsp3) is 0.148. The standard InChI is InChI=1S/C27H21ClN4O5S/c1-38(35)17-6-8-21(28)20(12-17)27(34)30-15-4-2-14-3-7-18-24(26(29)33)31-32(25(18)19(14)10-15)16-5-9-22-23(11-16)37-13-36-22/h2,4-6,8-12H,3,7,13H2,1H3,(H2,29,33)(H,30,34). The number of aromatic nitrogens is 2. The van der Waals surface area contributed by atoms with Gasteiger partial charge in [-0.15, -0.1) is 0 Å². The fourth-order valence-electron chi connectivity index (χ4n) is 4.77. The quantitative estimate of drug-likeness (QED) is 0.386. The number of hydrogen-bond donors (Lipinski definition) is 2. The summed E-state index contributed by atoms with van der Waals surface area (Å²) in [6.45, 7) is 0.134. The minimum Gasteiger partial charge on any atom is -0.454 e. The number of carbonyl (C=O) groups is 2. The zero-order valence-electron chi connectivity index (χ0n) is 20.1. The molecule has 1 aliphatic heterocycles. The first-order valence-corrected chi connectivity index (χ1v) is 13.6. The zero-order chi connectivity index (χ0) is 26.6. The molecule has 0 saturated heterocycles. The molecule has 6 rings (SSSR count). The molecule has 11 heteroatoms. The molecule has 1 aromatic heterocycles. The van der Waals surface area contributed by atoms with Gasteiger partial charge in [-0.25, -0.2) is 4.68 Å². The maximum Gasteiger partial charge on any atom is 0.269 e. The van der Waals surface area contributed by atoms with Crippen LogP contribution in [0.4, 0.5) is 5.69 Å². The van der Waals surface area contributed by atoms with Crippen LogP contribution >= 0.6 is 11.6 Å². The highest BCUT2D eigenvalue weighted by molar-refractivity contribution is 7.84. The van der Waals surface area contributed by atoms with Gasteiger partial charge in [0.1, 0.15) is 0 Å². The maximum absolute atomic E-state index is 13.1. The zero-order valence-corrected chi connectivity index (χ0v) is 21.7. The number of nitrogens with two attached hydrogens (primary N) is 1. The molecule has 9 nitrogen and oxygen atoms in total. The van der Waals surface area contributed by atoms with E-state index >= 15 is 0 Å². The molecule has 1 unspecified atom stereocenters. The van der Waals surface area contributed by atoms with Crippen molar-refractivity contribution in [1.29, 1.82) is 0 Å². The van der Waals surface area contributed by atoms with E-state index in [4.69, 9.17) is 26.8 Å². The van der Waals surface area contributed by atoms with Gasteiger partial charge >= 0.3 is 0 Å². The van der Waals surface area contributed by atoms with Gasteiger partial charge in [0.25, 0.3) is 11.8 Å². The van der Waals surface area contributed by atoms with Gasteiger partial charge in [0.2, 0.25) is 6.79 Å². The average molecular weight is 549 g/mol. The Morgan fingerprint density at radius 2 is 1.87 bits per heavy atom. The van der Waals surface area contributed by atoms with Crippen molar-refractivity contribution in [3.05, 3.63) is 82.0 Å². The van der Waals surface area contributed by atoms with E-state index in [0.717, 1.165) is 22.4 Å². The second kappa shape index (κ2) is 9.30. The molecule has 1 aliphatic carbocycles. The third kappa shape index (κ3) is 4.11. The molecular formula is C27H21ClN4O5S. The van der Waals surface area contributed by atoms with Gasteiger partial charge < -0.3 is 20.5 Å². The van der Waals surface area contributed by atoms with Crippen LogP contribution in [0.25, 0.3) is 16.9 Å². The number of carbonyl (C=O) groups excluding carboxylic acids is 2. The van der Waals surface area contributed by atoms with Gasteiger partial charge in [0.05, 0.1) is 22.0 Å². The summed E-state index contributed by atoms with van der Waals surface area (Å²) in [5.74, 6) is 0.165. The van der Waals surface area contributed by atoms with Crippen LogP contribution in [0.3, 0.4) is 0 Å². The first kappa shape index (κ1) is 24.2. The lowest BCUT2D eigenvalue weighted by Crippen LogP contribution is -2.16. The largest absolute Gasteiger partial charge is 0.454 e. The van der Waals surface area contributed by atoms with Crippen LogP contribution in [0.5, 0.6) is 11.5 Å². The van der Waals surface area contributed by atoms with Gasteiger partial charge in [-0.3, -0.25) is 13.8 Å². The molecule has 4 aromatic rings. The van der Waals surface area contributed by atoms with E-state index in [1.54, 1.807) is 28.9 Å². The number of nitrogens with zero attached hydrogens (tertiary/aromatic N) is 2. The van der Waals surface area contributed by atoms with Crippen molar-refractivity contribution in [2.24, 2.45) is 5.73 Å². The summed E-state index contributed by atoms with van der Waals surface area (Å²) in [5, 5.41) is 7.72. The Hall–Kier alpha value is -4.15. The molecule has 0 spiro atoms. The number of hydrogen-bond acceptors (Lipinski definition) is 6. The Kier molecular flexibility index (Phi) is 5.93. The third-order valence-corrected chi connectivity index (χ3v) is 7.85. The number of halogens is 1. The van der Waals surface area contributed by atoms with E-state index in [0.29, 0.717) is 40.6 Å². The second-order valence-electron chi connectivity index (χ2n) is 8.91. The Bertz CT molecular complexity index is 1680. The number of benzene rings is 3. The molecule has 0 bridgehead atoms. The summed E-state index contributed by atoms with van der Waals surface area (Å²) in [4.78, 5) is 25.9. The summed E-state index contributed by atoms with van der Waals surface area (Å²) in [7, 11) is -1.26. The molecule has 0 radical (unpaired) electrons. The fourth-order valence-corrected chi connectivity index (χ4v) is 5.52. The van der Waals surface area contributed by atoms with Gasteiger partial charge in [0, 0.05) is 44.8 Å². The predicted molar refractivity (Wildman–Crippen MR) is 143 cm³/mol. The molecule has 2 aliphatic rings. The average Bonchev–Trinajstić information content (AvgIpc) is 3.53. The monoisotopic (exact) mass is 548 g/mol. The number of ether oxygens (including phenoxy) is 2. The normalized spacial score (nSPS) is 13.9. The molecule has 0 fully saturated rings. The van der Waals surface area contributed by atoms with E-state index in [-0.39, 0.29) is 23.1 Å².